The van der Waals surface area contributed by atoms with Crippen molar-refractivity contribution in [1.82, 2.24) is 0 Å². The van der Waals surface area contributed by atoms with Crippen LogP contribution in [-0.2, 0) is 0 Å². The van der Waals surface area contributed by atoms with Crippen molar-refractivity contribution in [3.8, 4) is 0 Å². The van der Waals surface area contributed by atoms with E-state index in [1.165, 1.54) is 0 Å². The molecule has 102 valence electrons. The van der Waals surface area contributed by atoms with Crippen molar-refractivity contribution in [3.05, 3.63) is 35.9 Å². The van der Waals surface area contributed by atoms with Crippen LogP contribution in [0.4, 0.5) is 13.2 Å². The molecule has 0 saturated carbocycles. The first-order valence-electron chi connectivity index (χ1n) is 6.32. The molecule has 0 heterocycles. The Bertz CT molecular complexity index is 322. The van der Waals surface area contributed by atoms with Gasteiger partial charge in [0.05, 0.1) is 0 Å². The van der Waals surface area contributed by atoms with Gasteiger partial charge in [0, 0.05) is 0 Å². The molecule has 4 heteroatoms. The molecule has 0 fully saturated rings. The number of benzene rings is 1. The molecule has 0 saturated heterocycles. The van der Waals surface area contributed by atoms with E-state index in [0.717, 1.165) is 31.2 Å². The first-order chi connectivity index (χ1) is 8.53. The van der Waals surface area contributed by atoms with E-state index in [-0.39, 0.29) is 4.82 Å². The van der Waals surface area contributed by atoms with Crippen molar-refractivity contribution < 1.29 is 13.2 Å². The summed E-state index contributed by atoms with van der Waals surface area (Å²) in [4.78, 5) is -0.324. The van der Waals surface area contributed by atoms with E-state index in [0.29, 0.717) is 6.42 Å². The van der Waals surface area contributed by atoms with Gasteiger partial charge in [0.2, 0.25) is 0 Å². The Morgan fingerprint density at radius 3 is 2.28 bits per heavy atom. The number of halogens is 3. The van der Waals surface area contributed by atoms with E-state index in [1.54, 1.807) is 0 Å². The second kappa shape index (κ2) is 7.85. The van der Waals surface area contributed by atoms with Crippen molar-refractivity contribution in [2.75, 3.05) is 0 Å². The molecule has 0 aliphatic rings. The van der Waals surface area contributed by atoms with Crippen molar-refractivity contribution in [3.63, 3.8) is 0 Å². The van der Waals surface area contributed by atoms with Crippen molar-refractivity contribution in [2.24, 2.45) is 0 Å². The molecule has 0 spiro atoms. The molecule has 1 unspecified atom stereocenters. The van der Waals surface area contributed by atoms with Crippen molar-refractivity contribution in [2.45, 2.75) is 48.9 Å². The molecule has 0 nitrogen and oxygen atoms in total. The van der Waals surface area contributed by atoms with E-state index in [9.17, 15) is 13.2 Å². The van der Waals surface area contributed by atoms with Gasteiger partial charge in [-0.2, -0.15) is 0 Å². The average molecular weight is 323 g/mol. The Kier molecular flexibility index (Phi) is 6.80. The van der Waals surface area contributed by atoms with Crippen molar-refractivity contribution >= 4 is 15.0 Å². The minimum absolute atomic E-state index is 0.324. The summed E-state index contributed by atoms with van der Waals surface area (Å²) < 4.78 is 37.8. The molecule has 0 bridgehead atoms. The van der Waals surface area contributed by atoms with Crippen LogP contribution in [-0.4, -0.2) is 20.0 Å². The van der Waals surface area contributed by atoms with Gasteiger partial charge >= 0.3 is 113 Å². The number of rotatable bonds is 7. The Balaban J connectivity index is 2.58. The predicted octanol–water partition coefficient (Wildman–Crippen LogP) is 4.92. The summed E-state index contributed by atoms with van der Waals surface area (Å²) in [5, 5.41) is -4.02. The quantitative estimate of drug-likeness (QED) is 0.493. The van der Waals surface area contributed by atoms with Crippen LogP contribution >= 0.6 is 0 Å². The van der Waals surface area contributed by atoms with Gasteiger partial charge in [0.25, 0.3) is 0 Å². The summed E-state index contributed by atoms with van der Waals surface area (Å²) in [7, 11) is 0. The van der Waals surface area contributed by atoms with Gasteiger partial charge < -0.3 is 0 Å². The van der Waals surface area contributed by atoms with Gasteiger partial charge in [-0.1, -0.05) is 0 Å². The Morgan fingerprint density at radius 1 is 1.06 bits per heavy atom. The third-order valence-electron chi connectivity index (χ3n) is 2.77. The molecule has 0 amide bonds. The number of unbranched alkanes of at least 4 members (excludes halogenated alkanes) is 3. The van der Waals surface area contributed by atoms with Crippen LogP contribution in [0.3, 0.4) is 0 Å². The molecule has 1 aromatic rings. The third kappa shape index (κ3) is 6.46. The average Bonchev–Trinajstić information content (AvgIpc) is 2.33. The van der Waals surface area contributed by atoms with E-state index in [1.807, 2.05) is 30.3 Å². The van der Waals surface area contributed by atoms with Crippen LogP contribution in [0.5, 0.6) is 0 Å². The molecular weight excluding hydrogens is 304 g/mol. The topological polar surface area (TPSA) is 0 Å². The molecule has 1 aromatic carbocycles. The Hall–Kier alpha value is -0.471. The molecule has 0 aliphatic heterocycles. The van der Waals surface area contributed by atoms with Crippen LogP contribution < -0.4 is 0 Å². The molecule has 0 N–H and O–H groups in total. The zero-order chi connectivity index (χ0) is 13.4. The summed E-state index contributed by atoms with van der Waals surface area (Å²) in [6.45, 7) is 2.11. The van der Waals surface area contributed by atoms with Gasteiger partial charge in [0.1, 0.15) is 0 Å². The van der Waals surface area contributed by atoms with Crippen LogP contribution in [0.25, 0.3) is 0 Å². The fraction of sp³-hybridized carbons (Fsp3) is 0.571. The van der Waals surface area contributed by atoms with Crippen LogP contribution in [0.1, 0.15) is 49.4 Å². The fourth-order valence-electron chi connectivity index (χ4n) is 1.88. The van der Waals surface area contributed by atoms with Gasteiger partial charge in [-0.15, -0.1) is 0 Å². The van der Waals surface area contributed by atoms with Crippen molar-refractivity contribution in [1.29, 1.82) is 0 Å². The molecule has 1 rings (SSSR count). The number of hydrogen-bond acceptors (Lipinski definition) is 0. The van der Waals surface area contributed by atoms with E-state index < -0.39 is 20.0 Å². The minimum atomic E-state index is -4.02. The summed E-state index contributed by atoms with van der Waals surface area (Å²) in [5.41, 5.74) is 0.839. The molecular formula is C14H19F3Se. The van der Waals surface area contributed by atoms with Gasteiger partial charge in [-0.05, 0) is 0 Å². The normalized spacial score (nSPS) is 13.6. The standard InChI is InChI=1S/C14H19F3Se/c1-2-3-4-8-11-13(18-14(15,16)17)12-9-6-5-7-10-12/h5-7,9-10,13H,2-4,8,11H2,1H3. The SMILES string of the molecule is CCCCCCC([Se]C(F)(F)F)c1ccccc1. The zero-order valence-corrected chi connectivity index (χ0v) is 12.3. The summed E-state index contributed by atoms with van der Waals surface area (Å²) in [5.74, 6) is 0. The van der Waals surface area contributed by atoms with Gasteiger partial charge in [-0.25, -0.2) is 0 Å². The second-order valence-corrected chi connectivity index (χ2v) is 6.97. The number of hydrogen-bond donors (Lipinski definition) is 0. The van der Waals surface area contributed by atoms with E-state index in [2.05, 4.69) is 6.92 Å². The molecule has 0 aliphatic carbocycles. The maximum absolute atomic E-state index is 12.6. The van der Waals surface area contributed by atoms with E-state index in [4.69, 9.17) is 0 Å². The molecule has 18 heavy (non-hydrogen) atoms. The summed E-state index contributed by atoms with van der Waals surface area (Å²) >= 11 is -1.32. The molecule has 0 radical (unpaired) electrons. The Morgan fingerprint density at radius 2 is 1.72 bits per heavy atom. The van der Waals surface area contributed by atoms with Crippen LogP contribution in [0.15, 0.2) is 30.3 Å². The zero-order valence-electron chi connectivity index (χ0n) is 10.5. The van der Waals surface area contributed by atoms with E-state index >= 15 is 0 Å². The van der Waals surface area contributed by atoms with Gasteiger partial charge in [0.15, 0.2) is 0 Å². The van der Waals surface area contributed by atoms with Crippen LogP contribution in [0, 0.1) is 0 Å². The summed E-state index contributed by atoms with van der Waals surface area (Å²) in [6, 6.07) is 9.12. The monoisotopic (exact) mass is 324 g/mol. The number of alkyl halides is 3. The Labute approximate surface area is 113 Å². The maximum atomic E-state index is 12.6. The fourth-order valence-corrected chi connectivity index (χ4v) is 3.77. The van der Waals surface area contributed by atoms with Gasteiger partial charge in [-0.3, -0.25) is 0 Å². The predicted molar refractivity (Wildman–Crippen MR) is 69.8 cm³/mol. The van der Waals surface area contributed by atoms with Crippen LogP contribution in [0.2, 0.25) is 0 Å². The summed E-state index contributed by atoms with van der Waals surface area (Å²) in [6.07, 6.45) is 4.81. The molecule has 1 atom stereocenters. The molecule has 0 aromatic heterocycles. The second-order valence-electron chi connectivity index (χ2n) is 4.31. The third-order valence-corrected chi connectivity index (χ3v) is 4.99. The first-order valence-corrected chi connectivity index (χ1v) is 8.17. The first kappa shape index (κ1) is 15.6.